The van der Waals surface area contributed by atoms with Gasteiger partial charge in [-0.25, -0.2) is 4.98 Å². The van der Waals surface area contributed by atoms with Crippen molar-refractivity contribution in [1.82, 2.24) is 4.98 Å². The third kappa shape index (κ3) is 3.44. The third-order valence-electron chi connectivity index (χ3n) is 2.57. The number of phenols is 1. The van der Waals surface area contributed by atoms with Crippen molar-refractivity contribution in [2.45, 2.75) is 0 Å². The first-order valence-corrected chi connectivity index (χ1v) is 5.87. The predicted octanol–water partition coefficient (Wildman–Crippen LogP) is 2.15. The molecule has 0 saturated heterocycles. The Hall–Kier alpha value is -3.16. The lowest BCUT2D eigenvalue weighted by Gasteiger charge is -2.03. The molecule has 0 radical (unpaired) electrons. The monoisotopic (exact) mass is 288 g/mol. The standard InChI is InChI=1S/C13H12N4O4/c1-21-12-5-4-9(7-11(12)18)8-15-16-13-10(17(19)20)3-2-6-14-13/h2-8,18H,1H3,(H,14,16)/b15-8-. The first-order valence-electron chi connectivity index (χ1n) is 5.87. The summed E-state index contributed by atoms with van der Waals surface area (Å²) in [4.78, 5) is 14.1. The van der Waals surface area contributed by atoms with Crippen LogP contribution >= 0.6 is 0 Å². The molecule has 0 unspecified atom stereocenters. The second kappa shape index (κ2) is 6.33. The van der Waals surface area contributed by atoms with Crippen LogP contribution in [0, 0.1) is 10.1 Å². The summed E-state index contributed by atoms with van der Waals surface area (Å²) in [6.45, 7) is 0. The Morgan fingerprint density at radius 2 is 2.29 bits per heavy atom. The van der Waals surface area contributed by atoms with Crippen LogP contribution in [0.1, 0.15) is 5.56 Å². The average molecular weight is 288 g/mol. The first kappa shape index (κ1) is 14.3. The van der Waals surface area contributed by atoms with E-state index in [2.05, 4.69) is 15.5 Å². The number of phenolic OH excluding ortho intramolecular Hbond substituents is 1. The number of benzene rings is 1. The second-order valence-corrected chi connectivity index (χ2v) is 3.93. The van der Waals surface area contributed by atoms with E-state index in [0.717, 1.165) is 0 Å². The molecule has 1 aromatic heterocycles. The lowest BCUT2D eigenvalue weighted by Crippen LogP contribution is -1.99. The van der Waals surface area contributed by atoms with E-state index in [0.29, 0.717) is 11.3 Å². The fourth-order valence-electron chi connectivity index (χ4n) is 1.59. The van der Waals surface area contributed by atoms with Gasteiger partial charge in [0, 0.05) is 12.3 Å². The van der Waals surface area contributed by atoms with Crippen LogP contribution in [0.15, 0.2) is 41.6 Å². The minimum absolute atomic E-state index is 0.0229. The van der Waals surface area contributed by atoms with Crippen LogP contribution in [0.25, 0.3) is 0 Å². The van der Waals surface area contributed by atoms with Gasteiger partial charge in [-0.3, -0.25) is 15.5 Å². The highest BCUT2D eigenvalue weighted by Crippen LogP contribution is 2.25. The number of pyridine rings is 1. The molecule has 8 nitrogen and oxygen atoms in total. The highest BCUT2D eigenvalue weighted by Gasteiger charge is 2.12. The van der Waals surface area contributed by atoms with Gasteiger partial charge in [-0.2, -0.15) is 5.10 Å². The van der Waals surface area contributed by atoms with Gasteiger partial charge < -0.3 is 9.84 Å². The molecular weight excluding hydrogens is 276 g/mol. The third-order valence-corrected chi connectivity index (χ3v) is 2.57. The van der Waals surface area contributed by atoms with E-state index in [1.165, 1.54) is 37.7 Å². The van der Waals surface area contributed by atoms with E-state index in [1.807, 2.05) is 0 Å². The number of aromatic nitrogens is 1. The van der Waals surface area contributed by atoms with Crippen molar-refractivity contribution in [1.29, 1.82) is 0 Å². The van der Waals surface area contributed by atoms with Crippen LogP contribution in [0.2, 0.25) is 0 Å². The minimum atomic E-state index is -0.552. The van der Waals surface area contributed by atoms with Crippen LogP contribution in [0.3, 0.4) is 0 Å². The molecule has 1 aromatic carbocycles. The number of hydrogen-bond donors (Lipinski definition) is 2. The van der Waals surface area contributed by atoms with E-state index >= 15 is 0 Å². The molecule has 2 aromatic rings. The maximum Gasteiger partial charge on any atom is 0.313 e. The molecule has 0 bridgehead atoms. The van der Waals surface area contributed by atoms with Crippen molar-refractivity contribution >= 4 is 17.7 Å². The highest BCUT2D eigenvalue weighted by atomic mass is 16.6. The Balaban J connectivity index is 2.13. The molecule has 2 rings (SSSR count). The lowest BCUT2D eigenvalue weighted by molar-refractivity contribution is -0.384. The van der Waals surface area contributed by atoms with Crippen molar-refractivity contribution in [2.24, 2.45) is 5.10 Å². The minimum Gasteiger partial charge on any atom is -0.504 e. The average Bonchev–Trinajstić information content (AvgIpc) is 2.48. The Morgan fingerprint density at radius 1 is 1.48 bits per heavy atom. The van der Waals surface area contributed by atoms with E-state index < -0.39 is 4.92 Å². The number of methoxy groups -OCH3 is 1. The molecule has 1 heterocycles. The van der Waals surface area contributed by atoms with Crippen molar-refractivity contribution < 1.29 is 14.8 Å². The van der Waals surface area contributed by atoms with E-state index in [9.17, 15) is 15.2 Å². The molecule has 0 fully saturated rings. The maximum atomic E-state index is 10.8. The number of hydrazone groups is 1. The van der Waals surface area contributed by atoms with Gasteiger partial charge in [0.05, 0.1) is 18.2 Å². The molecule has 2 N–H and O–H groups in total. The molecule has 0 aliphatic carbocycles. The van der Waals surface area contributed by atoms with Gasteiger partial charge in [-0.05, 0) is 29.8 Å². The van der Waals surface area contributed by atoms with Gasteiger partial charge in [-0.15, -0.1) is 0 Å². The largest absolute Gasteiger partial charge is 0.504 e. The molecule has 0 aliphatic rings. The number of aromatic hydroxyl groups is 1. The number of rotatable bonds is 5. The summed E-state index contributed by atoms with van der Waals surface area (Å²) in [6.07, 6.45) is 2.82. The van der Waals surface area contributed by atoms with Crippen molar-refractivity contribution in [3.05, 3.63) is 52.2 Å². The van der Waals surface area contributed by atoms with Gasteiger partial charge in [0.1, 0.15) is 0 Å². The number of nitrogens with zero attached hydrogens (tertiary/aromatic N) is 3. The SMILES string of the molecule is COc1ccc(/C=N\Nc2ncccc2[N+](=O)[O-])cc1O. The molecule has 21 heavy (non-hydrogen) atoms. The zero-order valence-electron chi connectivity index (χ0n) is 11.1. The molecule has 108 valence electrons. The lowest BCUT2D eigenvalue weighted by atomic mass is 10.2. The number of nitro groups is 1. The quantitative estimate of drug-likeness (QED) is 0.495. The summed E-state index contributed by atoms with van der Waals surface area (Å²) < 4.78 is 4.92. The predicted molar refractivity (Wildman–Crippen MR) is 76.8 cm³/mol. The smallest absolute Gasteiger partial charge is 0.313 e. The normalized spacial score (nSPS) is 10.5. The summed E-state index contributed by atoms with van der Waals surface area (Å²) in [7, 11) is 1.45. The zero-order chi connectivity index (χ0) is 15.2. The second-order valence-electron chi connectivity index (χ2n) is 3.93. The fourth-order valence-corrected chi connectivity index (χ4v) is 1.59. The van der Waals surface area contributed by atoms with Gasteiger partial charge in [0.15, 0.2) is 11.5 Å². The number of nitrogens with one attached hydrogen (secondary N) is 1. The molecular formula is C13H12N4O4. The van der Waals surface area contributed by atoms with Gasteiger partial charge in [0.25, 0.3) is 0 Å². The van der Waals surface area contributed by atoms with Crippen molar-refractivity contribution in [3.8, 4) is 11.5 Å². The Morgan fingerprint density at radius 3 is 2.95 bits per heavy atom. The summed E-state index contributed by atoms with van der Waals surface area (Å²) in [6, 6.07) is 7.51. The van der Waals surface area contributed by atoms with Crippen LogP contribution < -0.4 is 10.2 Å². The number of ether oxygens (including phenoxy) is 1. The van der Waals surface area contributed by atoms with Gasteiger partial charge in [-0.1, -0.05) is 0 Å². The van der Waals surface area contributed by atoms with E-state index in [1.54, 1.807) is 12.1 Å². The number of anilines is 1. The van der Waals surface area contributed by atoms with Crippen LogP contribution in [-0.2, 0) is 0 Å². The molecule has 0 atom stereocenters. The van der Waals surface area contributed by atoms with Gasteiger partial charge in [0.2, 0.25) is 5.82 Å². The van der Waals surface area contributed by atoms with Crippen molar-refractivity contribution in [2.75, 3.05) is 12.5 Å². The summed E-state index contributed by atoms with van der Waals surface area (Å²) in [5, 5.41) is 24.3. The topological polar surface area (TPSA) is 110 Å². The fraction of sp³-hybridized carbons (Fsp3) is 0.0769. The van der Waals surface area contributed by atoms with Crippen LogP contribution in [-0.4, -0.2) is 28.3 Å². The summed E-state index contributed by atoms with van der Waals surface area (Å²) in [5.41, 5.74) is 2.92. The van der Waals surface area contributed by atoms with Crippen molar-refractivity contribution in [3.63, 3.8) is 0 Å². The summed E-state index contributed by atoms with van der Waals surface area (Å²) >= 11 is 0. The van der Waals surface area contributed by atoms with E-state index in [-0.39, 0.29) is 17.3 Å². The molecule has 8 heteroatoms. The van der Waals surface area contributed by atoms with Crippen LogP contribution in [0.5, 0.6) is 11.5 Å². The Labute approximate surface area is 119 Å². The Kier molecular flexibility index (Phi) is 4.30. The zero-order valence-corrected chi connectivity index (χ0v) is 11.1. The van der Waals surface area contributed by atoms with Crippen LogP contribution in [0.4, 0.5) is 11.5 Å². The summed E-state index contributed by atoms with van der Waals surface area (Å²) in [5.74, 6) is 0.363. The molecule has 0 saturated carbocycles. The number of hydrogen-bond acceptors (Lipinski definition) is 7. The maximum absolute atomic E-state index is 10.8. The van der Waals surface area contributed by atoms with E-state index in [4.69, 9.17) is 4.74 Å². The highest BCUT2D eigenvalue weighted by molar-refractivity contribution is 5.81. The van der Waals surface area contributed by atoms with Gasteiger partial charge >= 0.3 is 5.69 Å². The molecule has 0 spiro atoms. The first-order chi connectivity index (χ1) is 10.1. The Bertz CT molecular complexity index is 688. The molecule has 0 aliphatic heterocycles. The molecule has 0 amide bonds.